The Labute approximate surface area is 258 Å². The zero-order valence-corrected chi connectivity index (χ0v) is 27.6. The second-order valence-electron chi connectivity index (χ2n) is 16.1. The van der Waals surface area contributed by atoms with Crippen molar-refractivity contribution in [3.63, 3.8) is 0 Å². The highest BCUT2D eigenvalue weighted by molar-refractivity contribution is 5.85. The van der Waals surface area contributed by atoms with Crippen molar-refractivity contribution < 1.29 is 34.4 Å². The lowest BCUT2D eigenvalue weighted by Gasteiger charge is -2.60. The van der Waals surface area contributed by atoms with Crippen LogP contribution < -0.4 is 0 Å². The molecule has 0 radical (unpaired) electrons. The number of allylic oxidation sites excluding steroid dienone is 3. The molecule has 0 unspecified atom stereocenters. The monoisotopic (exact) mass is 600 g/mol. The van der Waals surface area contributed by atoms with E-state index in [2.05, 4.69) is 55.0 Å². The van der Waals surface area contributed by atoms with Crippen LogP contribution in [0.4, 0.5) is 0 Å². The second-order valence-corrected chi connectivity index (χ2v) is 16.1. The summed E-state index contributed by atoms with van der Waals surface area (Å²) in [4.78, 5) is 27.1. The molecule has 7 nitrogen and oxygen atoms in total. The molecule has 10 atom stereocenters. The highest BCUT2D eigenvalue weighted by atomic mass is 16.7. The van der Waals surface area contributed by atoms with E-state index < -0.39 is 36.5 Å². The third kappa shape index (κ3) is 5.09. The number of carbonyl (C=O) groups is 2. The lowest BCUT2D eigenvalue weighted by molar-refractivity contribution is -0.262. The Morgan fingerprint density at radius 3 is 2.37 bits per heavy atom. The van der Waals surface area contributed by atoms with Gasteiger partial charge in [-0.1, -0.05) is 71.8 Å². The Morgan fingerprint density at radius 2 is 1.70 bits per heavy atom. The van der Waals surface area contributed by atoms with Crippen LogP contribution in [0, 0.1) is 45.3 Å². The van der Waals surface area contributed by atoms with Crippen molar-refractivity contribution in [3.8, 4) is 0 Å². The Hall–Kier alpha value is -1.54. The molecule has 0 aromatic carbocycles. The fraction of sp³-hybridized carbons (Fsp3) is 0.833. The molecule has 1 saturated heterocycles. The molecule has 0 aromatic rings. The summed E-state index contributed by atoms with van der Waals surface area (Å²) < 4.78 is 11.0. The van der Waals surface area contributed by atoms with Crippen molar-refractivity contribution >= 4 is 11.8 Å². The molecule has 242 valence electrons. The van der Waals surface area contributed by atoms with Gasteiger partial charge in [-0.2, -0.15) is 0 Å². The molecule has 2 saturated carbocycles. The molecule has 43 heavy (non-hydrogen) atoms. The van der Waals surface area contributed by atoms with E-state index in [1.54, 1.807) is 11.1 Å². The average molecular weight is 601 g/mol. The van der Waals surface area contributed by atoms with Gasteiger partial charge in [0.2, 0.25) is 0 Å². The zero-order chi connectivity index (χ0) is 31.7. The van der Waals surface area contributed by atoms with E-state index in [9.17, 15) is 24.9 Å². The number of rotatable bonds is 7. The number of hydrogen-bond acceptors (Lipinski definition) is 7. The minimum atomic E-state index is -1.48. The summed E-state index contributed by atoms with van der Waals surface area (Å²) in [6.45, 7) is 19.8. The minimum absolute atomic E-state index is 0.0366. The first kappa shape index (κ1) is 32.8. The molecule has 7 heteroatoms. The van der Waals surface area contributed by atoms with E-state index >= 15 is 0 Å². The van der Waals surface area contributed by atoms with Crippen molar-refractivity contribution in [2.75, 3.05) is 6.61 Å². The third-order valence-electron chi connectivity index (χ3n) is 13.6. The Kier molecular flexibility index (Phi) is 8.68. The molecule has 5 rings (SSSR count). The van der Waals surface area contributed by atoms with E-state index in [0.717, 1.165) is 50.5 Å². The van der Waals surface area contributed by atoms with Gasteiger partial charge in [0, 0.05) is 11.8 Å². The van der Waals surface area contributed by atoms with Crippen LogP contribution >= 0.6 is 0 Å². The molecule has 4 aliphatic carbocycles. The van der Waals surface area contributed by atoms with E-state index in [-0.39, 0.29) is 34.2 Å². The van der Waals surface area contributed by atoms with E-state index in [1.807, 2.05) is 0 Å². The molecule has 1 aliphatic heterocycles. The van der Waals surface area contributed by atoms with Crippen molar-refractivity contribution in [3.05, 3.63) is 23.3 Å². The van der Waals surface area contributed by atoms with Gasteiger partial charge in [-0.05, 0) is 91.8 Å². The van der Waals surface area contributed by atoms with Gasteiger partial charge in [0.05, 0.1) is 12.5 Å². The lowest BCUT2D eigenvalue weighted by atomic mass is 9.43. The minimum Gasteiger partial charge on any atom is -0.454 e. The highest BCUT2D eigenvalue weighted by Gasteiger charge is 2.64. The fourth-order valence-corrected chi connectivity index (χ4v) is 10.4. The summed E-state index contributed by atoms with van der Waals surface area (Å²) in [5.41, 5.74) is 3.83. The van der Waals surface area contributed by atoms with Crippen molar-refractivity contribution in [2.45, 2.75) is 137 Å². The standard InChI is InChI=1S/C36H56O7/c1-20(2)21(3)9-10-22(31(40)43-30-29(39)26(37)19-42-32(30)41)23-13-17-36(8)25-11-12-27-33(4,5)28(38)15-16-34(27,6)24(25)14-18-35(23,36)7/h20,22-23,26-27,29-30,32,37,39,41H,3,9-19H2,1-2,4-8H3/t22-,23-,26-,27+,29+,30-,32-,34-,35-,36+/m1/s1. The van der Waals surface area contributed by atoms with Crippen molar-refractivity contribution in [1.29, 1.82) is 0 Å². The van der Waals surface area contributed by atoms with E-state index in [1.165, 1.54) is 0 Å². The number of hydrogen-bond donors (Lipinski definition) is 3. The maximum Gasteiger partial charge on any atom is 0.309 e. The maximum atomic E-state index is 14.1. The number of Topliss-reactive ketones (excluding diaryl/α,β-unsaturated/α-hetero) is 1. The number of ether oxygens (including phenoxy) is 2. The lowest BCUT2D eigenvalue weighted by Crippen LogP contribution is -2.56. The third-order valence-corrected chi connectivity index (χ3v) is 13.6. The smallest absolute Gasteiger partial charge is 0.309 e. The number of esters is 1. The number of carbonyl (C=O) groups excluding carboxylic acids is 2. The SMILES string of the molecule is C=C(CC[C@@H](C(=O)O[C@@H]1[C@@H](O)[C@H](O)CO[C@H]1O)[C@H]1CC[C@@]2(C)C3=C(CC[C@]12C)[C@@]1(C)CCC(=O)C(C)(C)[C@@H]1CC3)C(C)C. The topological polar surface area (TPSA) is 113 Å². The van der Waals surface area contributed by atoms with Gasteiger partial charge in [-0.25, -0.2) is 0 Å². The first-order valence-electron chi connectivity index (χ1n) is 16.8. The van der Waals surface area contributed by atoms with E-state index in [4.69, 9.17) is 9.47 Å². The quantitative estimate of drug-likeness (QED) is 0.246. The second kappa shape index (κ2) is 11.4. The fourth-order valence-electron chi connectivity index (χ4n) is 10.4. The van der Waals surface area contributed by atoms with Crippen LogP contribution in [0.25, 0.3) is 0 Å². The van der Waals surface area contributed by atoms with E-state index in [0.29, 0.717) is 36.9 Å². The molecule has 0 amide bonds. The first-order chi connectivity index (χ1) is 20.0. The molecule has 1 heterocycles. The number of aliphatic hydroxyl groups excluding tert-OH is 3. The Balaban J connectivity index is 1.47. The molecule has 5 aliphatic rings. The maximum absolute atomic E-state index is 14.1. The zero-order valence-electron chi connectivity index (χ0n) is 27.6. The number of ketones is 1. The van der Waals surface area contributed by atoms with Gasteiger partial charge in [0.25, 0.3) is 0 Å². The molecular formula is C36H56O7. The van der Waals surface area contributed by atoms with Crippen LogP contribution in [0.5, 0.6) is 0 Å². The van der Waals surface area contributed by atoms with Gasteiger partial charge >= 0.3 is 5.97 Å². The van der Waals surface area contributed by atoms with Crippen LogP contribution in [-0.4, -0.2) is 58.3 Å². The summed E-state index contributed by atoms with van der Waals surface area (Å²) in [6.07, 6.45) is 3.35. The normalized spacial score (nSPS) is 43.1. The van der Waals surface area contributed by atoms with Crippen molar-refractivity contribution in [1.82, 2.24) is 0 Å². The first-order valence-corrected chi connectivity index (χ1v) is 16.8. The van der Waals surface area contributed by atoms with Crippen LogP contribution in [-0.2, 0) is 19.1 Å². The summed E-state index contributed by atoms with van der Waals surface area (Å²) in [6, 6.07) is 0. The molecule has 3 N–H and O–H groups in total. The van der Waals surface area contributed by atoms with Gasteiger partial charge in [0.15, 0.2) is 12.4 Å². The Bertz CT molecular complexity index is 1170. The summed E-state index contributed by atoms with van der Waals surface area (Å²) >= 11 is 0. The van der Waals surface area contributed by atoms with Gasteiger partial charge in [-0.3, -0.25) is 9.59 Å². The molecule has 0 bridgehead atoms. The number of fused-ring (bicyclic) bond motifs is 4. The van der Waals surface area contributed by atoms with Crippen LogP contribution in [0.2, 0.25) is 0 Å². The number of aliphatic hydroxyl groups is 3. The molecule has 0 aromatic heterocycles. The van der Waals surface area contributed by atoms with Gasteiger partial charge in [0.1, 0.15) is 18.0 Å². The summed E-state index contributed by atoms with van der Waals surface area (Å²) in [5.74, 6) is 0.272. The van der Waals surface area contributed by atoms with Gasteiger partial charge < -0.3 is 24.8 Å². The van der Waals surface area contributed by atoms with Crippen LogP contribution in [0.1, 0.15) is 113 Å². The predicted molar refractivity (Wildman–Crippen MR) is 165 cm³/mol. The summed E-state index contributed by atoms with van der Waals surface area (Å²) in [7, 11) is 0. The van der Waals surface area contributed by atoms with Crippen LogP contribution in [0.15, 0.2) is 23.3 Å². The van der Waals surface area contributed by atoms with Gasteiger partial charge in [-0.15, -0.1) is 0 Å². The molecule has 3 fully saturated rings. The summed E-state index contributed by atoms with van der Waals surface area (Å²) in [5, 5.41) is 31.1. The average Bonchev–Trinajstić information content (AvgIpc) is 3.22. The largest absolute Gasteiger partial charge is 0.454 e. The molecular weight excluding hydrogens is 544 g/mol. The highest BCUT2D eigenvalue weighted by Crippen LogP contribution is 2.72. The molecule has 0 spiro atoms. The Morgan fingerprint density at radius 1 is 1.00 bits per heavy atom. The predicted octanol–water partition coefficient (Wildman–Crippen LogP) is 5.90. The van der Waals surface area contributed by atoms with Crippen molar-refractivity contribution in [2.24, 2.45) is 45.3 Å². The van der Waals surface area contributed by atoms with Crippen LogP contribution in [0.3, 0.4) is 0 Å².